The van der Waals surface area contributed by atoms with Gasteiger partial charge < -0.3 is 9.73 Å². The van der Waals surface area contributed by atoms with Crippen LogP contribution in [0, 0.1) is 0 Å². The smallest absolute Gasteiger partial charge is 0.315 e. The molecular formula is C6H11ClN4O3S. The summed E-state index contributed by atoms with van der Waals surface area (Å²) in [6.07, 6.45) is 0.478. The van der Waals surface area contributed by atoms with Gasteiger partial charge in [-0.2, -0.15) is 0 Å². The fourth-order valence-electron chi connectivity index (χ4n) is 0.807. The Balaban J connectivity index is 2.38. The van der Waals surface area contributed by atoms with Crippen LogP contribution in [-0.2, 0) is 16.4 Å². The molecule has 0 fully saturated rings. The summed E-state index contributed by atoms with van der Waals surface area (Å²) in [5, 5.41) is 14.7. The van der Waals surface area contributed by atoms with Gasteiger partial charge >= 0.3 is 6.01 Å². The number of nitrogens with two attached hydrogens (primary N) is 1. The Morgan fingerprint density at radius 2 is 2.20 bits per heavy atom. The van der Waals surface area contributed by atoms with E-state index in [1.807, 2.05) is 0 Å². The van der Waals surface area contributed by atoms with Crippen molar-refractivity contribution in [1.82, 2.24) is 10.2 Å². The van der Waals surface area contributed by atoms with Crippen LogP contribution in [0.25, 0.3) is 0 Å². The van der Waals surface area contributed by atoms with Gasteiger partial charge in [-0.1, -0.05) is 5.10 Å². The van der Waals surface area contributed by atoms with Gasteiger partial charge in [-0.05, 0) is 0 Å². The number of nitrogens with zero attached hydrogens (tertiary/aromatic N) is 2. The maximum Gasteiger partial charge on any atom is 0.315 e. The predicted molar refractivity (Wildman–Crippen MR) is 55.2 cm³/mol. The highest BCUT2D eigenvalue weighted by molar-refractivity contribution is 7.89. The third-order valence-electron chi connectivity index (χ3n) is 1.44. The van der Waals surface area contributed by atoms with Gasteiger partial charge in [0.1, 0.15) is 0 Å². The van der Waals surface area contributed by atoms with Crippen LogP contribution in [0.4, 0.5) is 6.01 Å². The molecule has 7 nitrogen and oxygen atoms in total. The number of anilines is 1. The Labute approximate surface area is 92.0 Å². The van der Waals surface area contributed by atoms with Gasteiger partial charge in [0.15, 0.2) is 0 Å². The first-order valence-corrected chi connectivity index (χ1v) is 6.39. The Morgan fingerprint density at radius 3 is 2.80 bits per heavy atom. The fraction of sp³-hybridized carbons (Fsp3) is 0.667. The average Bonchev–Trinajstić information content (AvgIpc) is 2.51. The van der Waals surface area contributed by atoms with Gasteiger partial charge in [0.25, 0.3) is 0 Å². The van der Waals surface area contributed by atoms with Crippen LogP contribution in [-0.4, -0.2) is 36.8 Å². The van der Waals surface area contributed by atoms with Gasteiger partial charge in [-0.15, -0.1) is 16.7 Å². The van der Waals surface area contributed by atoms with Crippen molar-refractivity contribution in [2.45, 2.75) is 6.42 Å². The molecule has 0 atom stereocenters. The molecule has 86 valence electrons. The Morgan fingerprint density at radius 1 is 1.47 bits per heavy atom. The molecule has 0 radical (unpaired) electrons. The van der Waals surface area contributed by atoms with Crippen molar-refractivity contribution in [3.63, 3.8) is 0 Å². The first kappa shape index (κ1) is 12.2. The summed E-state index contributed by atoms with van der Waals surface area (Å²) in [5.41, 5.74) is 0. The molecule has 0 unspecified atom stereocenters. The molecule has 0 aromatic carbocycles. The number of alkyl halides is 1. The van der Waals surface area contributed by atoms with Crippen LogP contribution in [0.15, 0.2) is 4.42 Å². The molecule has 0 aliphatic rings. The number of aromatic nitrogens is 2. The molecule has 0 saturated heterocycles. The molecule has 1 aromatic rings. The second-order valence-electron chi connectivity index (χ2n) is 2.73. The zero-order chi connectivity index (χ0) is 11.3. The van der Waals surface area contributed by atoms with E-state index in [0.29, 0.717) is 18.2 Å². The van der Waals surface area contributed by atoms with Gasteiger partial charge in [0, 0.05) is 18.8 Å². The second-order valence-corrected chi connectivity index (χ2v) is 4.85. The van der Waals surface area contributed by atoms with Gasteiger partial charge in [-0.3, -0.25) is 0 Å². The topological polar surface area (TPSA) is 111 Å². The number of rotatable bonds is 6. The zero-order valence-corrected chi connectivity index (χ0v) is 9.38. The van der Waals surface area contributed by atoms with E-state index < -0.39 is 10.0 Å². The van der Waals surface area contributed by atoms with Crippen LogP contribution in [0.1, 0.15) is 5.89 Å². The van der Waals surface area contributed by atoms with E-state index in [-0.39, 0.29) is 18.3 Å². The molecule has 0 spiro atoms. The van der Waals surface area contributed by atoms with Crippen molar-refractivity contribution in [3.8, 4) is 0 Å². The van der Waals surface area contributed by atoms with Crippen molar-refractivity contribution in [1.29, 1.82) is 0 Å². The minimum absolute atomic E-state index is 0.126. The Bertz CT molecular complexity index is 404. The van der Waals surface area contributed by atoms with Crippen molar-refractivity contribution in [3.05, 3.63) is 5.89 Å². The Kier molecular flexibility index (Phi) is 4.30. The summed E-state index contributed by atoms with van der Waals surface area (Å²) in [6.45, 7) is 0.126. The third kappa shape index (κ3) is 4.96. The normalized spacial score (nSPS) is 11.6. The fourth-order valence-corrected chi connectivity index (χ4v) is 1.36. The SMILES string of the molecule is NS(=O)(=O)CCNc1nnc(CCCl)o1. The van der Waals surface area contributed by atoms with E-state index >= 15 is 0 Å². The monoisotopic (exact) mass is 254 g/mol. The van der Waals surface area contributed by atoms with E-state index in [1.54, 1.807) is 0 Å². The standard InChI is InChI=1S/C6H11ClN4O3S/c7-2-1-5-10-11-6(14-5)9-3-4-15(8,12)13/h1-4H2,(H,9,11)(H2,8,12,13). The number of nitrogens with one attached hydrogen (secondary N) is 1. The average molecular weight is 255 g/mol. The lowest BCUT2D eigenvalue weighted by Crippen LogP contribution is -2.22. The quantitative estimate of drug-likeness (QED) is 0.665. The maximum absolute atomic E-state index is 10.6. The van der Waals surface area contributed by atoms with Crippen LogP contribution < -0.4 is 10.5 Å². The molecule has 0 aliphatic heterocycles. The summed E-state index contributed by atoms with van der Waals surface area (Å²) in [6, 6.07) is 0.166. The highest BCUT2D eigenvalue weighted by Crippen LogP contribution is 2.05. The van der Waals surface area contributed by atoms with E-state index in [9.17, 15) is 8.42 Å². The summed E-state index contributed by atoms with van der Waals surface area (Å²) in [7, 11) is -3.47. The lowest BCUT2D eigenvalue weighted by atomic mass is 10.5. The predicted octanol–water partition coefficient (Wildman–Crippen LogP) is -0.449. The number of sulfonamides is 1. The summed E-state index contributed by atoms with van der Waals surface area (Å²) in [4.78, 5) is 0. The van der Waals surface area contributed by atoms with Crippen LogP contribution in [0.3, 0.4) is 0 Å². The second kappa shape index (κ2) is 5.29. The van der Waals surface area contributed by atoms with E-state index in [2.05, 4.69) is 15.5 Å². The summed E-state index contributed by atoms with van der Waals surface area (Å²) in [5.74, 6) is 0.599. The highest BCUT2D eigenvalue weighted by atomic mass is 35.5. The summed E-state index contributed by atoms with van der Waals surface area (Å²) >= 11 is 5.47. The van der Waals surface area contributed by atoms with Gasteiger partial charge in [0.05, 0.1) is 5.75 Å². The maximum atomic E-state index is 10.6. The molecule has 0 aliphatic carbocycles. The number of primary sulfonamides is 1. The van der Waals surface area contributed by atoms with Crippen molar-refractivity contribution >= 4 is 27.6 Å². The minimum atomic E-state index is -3.47. The lowest BCUT2D eigenvalue weighted by Gasteiger charge is -1.98. The van der Waals surface area contributed by atoms with Crippen molar-refractivity contribution in [2.75, 3.05) is 23.5 Å². The van der Waals surface area contributed by atoms with Gasteiger partial charge in [0.2, 0.25) is 15.9 Å². The molecule has 9 heteroatoms. The van der Waals surface area contributed by atoms with Crippen molar-refractivity contribution < 1.29 is 12.8 Å². The zero-order valence-electron chi connectivity index (χ0n) is 7.81. The molecule has 15 heavy (non-hydrogen) atoms. The molecule has 1 rings (SSSR count). The van der Waals surface area contributed by atoms with E-state index in [1.165, 1.54) is 0 Å². The lowest BCUT2D eigenvalue weighted by molar-refractivity contribution is 0.513. The minimum Gasteiger partial charge on any atom is -0.408 e. The molecule has 0 amide bonds. The van der Waals surface area contributed by atoms with Crippen LogP contribution in [0.2, 0.25) is 0 Å². The molecule has 3 N–H and O–H groups in total. The Hall–Kier alpha value is -0.860. The van der Waals surface area contributed by atoms with E-state index in [4.69, 9.17) is 21.2 Å². The number of halogens is 1. The van der Waals surface area contributed by atoms with Gasteiger partial charge in [-0.25, -0.2) is 13.6 Å². The van der Waals surface area contributed by atoms with Crippen LogP contribution >= 0.6 is 11.6 Å². The van der Waals surface area contributed by atoms with Crippen LogP contribution in [0.5, 0.6) is 0 Å². The molecule has 1 aromatic heterocycles. The largest absolute Gasteiger partial charge is 0.408 e. The number of hydrogen-bond acceptors (Lipinski definition) is 6. The molecule has 1 heterocycles. The summed E-state index contributed by atoms with van der Waals surface area (Å²) < 4.78 is 26.3. The third-order valence-corrected chi connectivity index (χ3v) is 2.40. The highest BCUT2D eigenvalue weighted by Gasteiger charge is 2.06. The number of hydrogen-bond donors (Lipinski definition) is 2. The van der Waals surface area contributed by atoms with E-state index in [0.717, 1.165) is 0 Å². The first-order valence-electron chi connectivity index (χ1n) is 4.14. The molecule has 0 bridgehead atoms. The van der Waals surface area contributed by atoms with Crippen molar-refractivity contribution in [2.24, 2.45) is 5.14 Å². The number of aryl methyl sites for hydroxylation is 1. The molecule has 0 saturated carbocycles. The first-order chi connectivity index (χ1) is 7.01. The molecular weight excluding hydrogens is 244 g/mol.